The van der Waals surface area contributed by atoms with Crippen molar-refractivity contribution in [2.45, 2.75) is 39.7 Å². The number of nitrogens with one attached hydrogen (secondary N) is 1. The maximum absolute atomic E-state index is 11.9. The van der Waals surface area contributed by atoms with E-state index in [2.05, 4.69) is 24.3 Å². The van der Waals surface area contributed by atoms with Gasteiger partial charge in [-0.25, -0.2) is 0 Å². The molecule has 5 heteroatoms. The molecule has 0 bridgehead atoms. The molecule has 0 aliphatic heterocycles. The number of nitrogens with zero attached hydrogens (tertiary/aromatic N) is 3. The standard InChI is InChI=1S/C13H24N4O/c1-9(2)13-11(8-16(5)15-13)14-7-12(18)17(6)10(3)4/h8-10,14H,7H2,1-6H3. The first-order valence-electron chi connectivity index (χ1n) is 6.36. The second-order valence-electron chi connectivity index (χ2n) is 5.21. The zero-order valence-corrected chi connectivity index (χ0v) is 12.2. The van der Waals surface area contributed by atoms with Gasteiger partial charge < -0.3 is 10.2 Å². The molecule has 0 aromatic carbocycles. The largest absolute Gasteiger partial charge is 0.373 e. The first-order valence-corrected chi connectivity index (χ1v) is 6.36. The second kappa shape index (κ2) is 5.89. The van der Waals surface area contributed by atoms with Crippen molar-refractivity contribution in [3.63, 3.8) is 0 Å². The smallest absolute Gasteiger partial charge is 0.241 e. The van der Waals surface area contributed by atoms with E-state index in [1.807, 2.05) is 34.1 Å². The van der Waals surface area contributed by atoms with Crippen molar-refractivity contribution in [2.75, 3.05) is 18.9 Å². The van der Waals surface area contributed by atoms with Crippen molar-refractivity contribution in [1.29, 1.82) is 0 Å². The predicted octanol–water partition coefficient (Wildman–Crippen LogP) is 1.82. The highest BCUT2D eigenvalue weighted by Crippen LogP contribution is 2.21. The van der Waals surface area contributed by atoms with Crippen LogP contribution in [-0.2, 0) is 11.8 Å². The molecule has 0 radical (unpaired) electrons. The summed E-state index contributed by atoms with van der Waals surface area (Å²) in [5, 5.41) is 7.57. The van der Waals surface area contributed by atoms with Crippen LogP contribution in [-0.4, -0.2) is 40.2 Å². The first kappa shape index (κ1) is 14.5. The van der Waals surface area contributed by atoms with Gasteiger partial charge in [-0.2, -0.15) is 5.10 Å². The Balaban J connectivity index is 2.66. The maximum Gasteiger partial charge on any atom is 0.241 e. The van der Waals surface area contributed by atoms with E-state index in [9.17, 15) is 4.79 Å². The summed E-state index contributed by atoms with van der Waals surface area (Å²) in [6.45, 7) is 8.49. The molecule has 1 aromatic rings. The van der Waals surface area contributed by atoms with Crippen LogP contribution in [0, 0.1) is 0 Å². The van der Waals surface area contributed by atoms with Crippen LogP contribution >= 0.6 is 0 Å². The SMILES string of the molecule is CC(C)c1nn(C)cc1NCC(=O)N(C)C(C)C. The Morgan fingerprint density at radius 1 is 1.44 bits per heavy atom. The minimum Gasteiger partial charge on any atom is -0.373 e. The lowest BCUT2D eigenvalue weighted by Crippen LogP contribution is -2.37. The van der Waals surface area contributed by atoms with Gasteiger partial charge in [-0.3, -0.25) is 9.48 Å². The molecule has 1 heterocycles. The van der Waals surface area contributed by atoms with Gasteiger partial charge in [0.2, 0.25) is 5.91 Å². The summed E-state index contributed by atoms with van der Waals surface area (Å²) in [6.07, 6.45) is 1.91. The van der Waals surface area contributed by atoms with E-state index < -0.39 is 0 Å². The highest BCUT2D eigenvalue weighted by atomic mass is 16.2. The molecule has 0 spiro atoms. The number of rotatable bonds is 5. The summed E-state index contributed by atoms with van der Waals surface area (Å²) < 4.78 is 1.77. The van der Waals surface area contributed by atoms with E-state index in [0.29, 0.717) is 12.5 Å². The van der Waals surface area contributed by atoms with Crippen LogP contribution in [0.2, 0.25) is 0 Å². The summed E-state index contributed by atoms with van der Waals surface area (Å²) >= 11 is 0. The van der Waals surface area contributed by atoms with Crippen LogP contribution in [0.1, 0.15) is 39.3 Å². The van der Waals surface area contributed by atoms with Crippen molar-refractivity contribution in [1.82, 2.24) is 14.7 Å². The molecular weight excluding hydrogens is 228 g/mol. The third-order valence-electron chi connectivity index (χ3n) is 3.00. The average molecular weight is 252 g/mol. The topological polar surface area (TPSA) is 50.2 Å². The lowest BCUT2D eigenvalue weighted by molar-refractivity contribution is -0.129. The number of aromatic nitrogens is 2. The van der Waals surface area contributed by atoms with Gasteiger partial charge in [0.05, 0.1) is 17.9 Å². The summed E-state index contributed by atoms with van der Waals surface area (Å²) in [5.74, 6) is 0.426. The number of hydrogen-bond donors (Lipinski definition) is 1. The van der Waals surface area contributed by atoms with Crippen LogP contribution in [0.15, 0.2) is 6.20 Å². The van der Waals surface area contributed by atoms with Gasteiger partial charge in [0.25, 0.3) is 0 Å². The molecule has 0 unspecified atom stereocenters. The summed E-state index contributed by atoms with van der Waals surface area (Å²) in [5.41, 5.74) is 1.94. The van der Waals surface area contributed by atoms with Crippen molar-refractivity contribution in [3.8, 4) is 0 Å². The predicted molar refractivity (Wildman–Crippen MR) is 73.7 cm³/mol. The Kier molecular flexibility index (Phi) is 4.76. The highest BCUT2D eigenvalue weighted by molar-refractivity contribution is 5.81. The molecule has 1 N–H and O–H groups in total. The molecule has 1 rings (SSSR count). The first-order chi connectivity index (χ1) is 8.32. The molecule has 1 amide bonds. The molecule has 0 aliphatic rings. The lowest BCUT2D eigenvalue weighted by Gasteiger charge is -2.21. The van der Waals surface area contributed by atoms with Crippen LogP contribution in [0.5, 0.6) is 0 Å². The van der Waals surface area contributed by atoms with Crippen molar-refractivity contribution >= 4 is 11.6 Å². The zero-order chi connectivity index (χ0) is 13.9. The summed E-state index contributed by atoms with van der Waals surface area (Å²) in [4.78, 5) is 13.6. The maximum atomic E-state index is 11.9. The van der Waals surface area contributed by atoms with Gasteiger partial charge in [0.15, 0.2) is 0 Å². The molecule has 102 valence electrons. The van der Waals surface area contributed by atoms with E-state index in [0.717, 1.165) is 11.4 Å². The minimum absolute atomic E-state index is 0.0866. The highest BCUT2D eigenvalue weighted by Gasteiger charge is 2.15. The van der Waals surface area contributed by atoms with Crippen molar-refractivity contribution < 1.29 is 4.79 Å². The molecule has 5 nitrogen and oxygen atoms in total. The van der Waals surface area contributed by atoms with E-state index in [1.165, 1.54) is 0 Å². The van der Waals surface area contributed by atoms with Gasteiger partial charge in [-0.1, -0.05) is 13.8 Å². The third-order valence-corrected chi connectivity index (χ3v) is 3.00. The van der Waals surface area contributed by atoms with E-state index in [4.69, 9.17) is 0 Å². The zero-order valence-electron chi connectivity index (χ0n) is 12.2. The number of anilines is 1. The monoisotopic (exact) mass is 252 g/mol. The fourth-order valence-electron chi connectivity index (χ4n) is 1.65. The number of hydrogen-bond acceptors (Lipinski definition) is 3. The minimum atomic E-state index is 0.0866. The Labute approximate surface area is 109 Å². The van der Waals surface area contributed by atoms with Gasteiger partial charge >= 0.3 is 0 Å². The fraction of sp³-hybridized carbons (Fsp3) is 0.692. The van der Waals surface area contributed by atoms with E-state index >= 15 is 0 Å². The number of amides is 1. The Morgan fingerprint density at radius 2 is 2.06 bits per heavy atom. The second-order valence-corrected chi connectivity index (χ2v) is 5.21. The summed E-state index contributed by atoms with van der Waals surface area (Å²) in [7, 11) is 3.71. The van der Waals surface area contributed by atoms with Gasteiger partial charge in [0, 0.05) is 26.3 Å². The lowest BCUT2D eigenvalue weighted by atomic mass is 10.1. The van der Waals surface area contributed by atoms with Crippen LogP contribution in [0.25, 0.3) is 0 Å². The molecule has 0 atom stereocenters. The molecule has 0 aliphatic carbocycles. The van der Waals surface area contributed by atoms with Crippen molar-refractivity contribution in [2.24, 2.45) is 7.05 Å². The molecule has 1 aromatic heterocycles. The number of carbonyl (C=O) groups is 1. The average Bonchev–Trinajstić information content (AvgIpc) is 2.66. The number of carbonyl (C=O) groups excluding carboxylic acids is 1. The molecule has 0 saturated carbocycles. The van der Waals surface area contributed by atoms with Gasteiger partial charge in [-0.15, -0.1) is 0 Å². The van der Waals surface area contributed by atoms with E-state index in [1.54, 1.807) is 9.58 Å². The Bertz CT molecular complexity index is 409. The number of aryl methyl sites for hydroxylation is 1. The van der Waals surface area contributed by atoms with Gasteiger partial charge in [0.1, 0.15) is 0 Å². The van der Waals surface area contributed by atoms with Crippen LogP contribution in [0.4, 0.5) is 5.69 Å². The van der Waals surface area contributed by atoms with E-state index in [-0.39, 0.29) is 11.9 Å². The molecule has 0 saturated heterocycles. The molecule has 18 heavy (non-hydrogen) atoms. The summed E-state index contributed by atoms with van der Waals surface area (Å²) in [6, 6.07) is 0.220. The molecule has 0 fully saturated rings. The van der Waals surface area contributed by atoms with Crippen molar-refractivity contribution in [3.05, 3.63) is 11.9 Å². The Morgan fingerprint density at radius 3 is 2.56 bits per heavy atom. The molecular formula is C13H24N4O. The third kappa shape index (κ3) is 3.48. The number of likely N-dealkylation sites (N-methyl/N-ethyl adjacent to an activating group) is 1. The van der Waals surface area contributed by atoms with Crippen LogP contribution in [0.3, 0.4) is 0 Å². The Hall–Kier alpha value is -1.52. The fourth-order valence-corrected chi connectivity index (χ4v) is 1.65. The quantitative estimate of drug-likeness (QED) is 0.869. The normalized spacial score (nSPS) is 11.1. The van der Waals surface area contributed by atoms with Gasteiger partial charge in [-0.05, 0) is 19.8 Å². The van der Waals surface area contributed by atoms with Crippen LogP contribution < -0.4 is 5.32 Å².